The van der Waals surface area contributed by atoms with Crippen LogP contribution in [0.15, 0.2) is 18.5 Å². The third kappa shape index (κ3) is 2.25. The van der Waals surface area contributed by atoms with Crippen molar-refractivity contribution in [3.63, 3.8) is 0 Å². The van der Waals surface area contributed by atoms with Gasteiger partial charge in [-0.15, -0.1) is 0 Å². The van der Waals surface area contributed by atoms with Gasteiger partial charge in [0.2, 0.25) is 0 Å². The second-order valence-electron chi connectivity index (χ2n) is 6.50. The Morgan fingerprint density at radius 3 is 2.50 bits per heavy atom. The summed E-state index contributed by atoms with van der Waals surface area (Å²) in [5.74, 6) is 1.25. The number of fused-ring (bicyclic) bond motifs is 1. The Morgan fingerprint density at radius 1 is 1.04 bits per heavy atom. The molecule has 2 aromatic heterocycles. The second kappa shape index (κ2) is 5.54. The van der Waals surface area contributed by atoms with Gasteiger partial charge in [0.1, 0.15) is 18.0 Å². The molecule has 4 rings (SSSR count). The molecule has 6 heteroatoms. The van der Waals surface area contributed by atoms with Crippen molar-refractivity contribution in [1.82, 2.24) is 19.6 Å². The number of anilines is 1. The summed E-state index contributed by atoms with van der Waals surface area (Å²) < 4.78 is 16.6. The number of rotatable bonds is 2. The van der Waals surface area contributed by atoms with E-state index < -0.39 is 0 Å². The van der Waals surface area contributed by atoms with Gasteiger partial charge in [-0.3, -0.25) is 0 Å². The van der Waals surface area contributed by atoms with E-state index in [-0.39, 0.29) is 5.82 Å². The number of hydrogen-bond donors (Lipinski definition) is 0. The molecule has 0 unspecified atom stereocenters. The van der Waals surface area contributed by atoms with Crippen LogP contribution in [0.25, 0.3) is 16.9 Å². The van der Waals surface area contributed by atoms with Crippen molar-refractivity contribution in [3.8, 4) is 11.1 Å². The van der Waals surface area contributed by atoms with Crippen LogP contribution in [0.2, 0.25) is 0 Å². The van der Waals surface area contributed by atoms with Gasteiger partial charge in [0.05, 0.1) is 5.69 Å². The molecule has 3 heterocycles. The van der Waals surface area contributed by atoms with Crippen LogP contribution < -0.4 is 4.90 Å². The van der Waals surface area contributed by atoms with Gasteiger partial charge >= 0.3 is 0 Å². The Bertz CT molecular complexity index is 902. The Balaban J connectivity index is 2.08. The van der Waals surface area contributed by atoms with E-state index in [1.807, 2.05) is 26.8 Å². The van der Waals surface area contributed by atoms with E-state index >= 15 is 0 Å². The van der Waals surface area contributed by atoms with Gasteiger partial charge in [-0.25, -0.2) is 9.37 Å². The molecule has 1 aromatic carbocycles. The maximum absolute atomic E-state index is 14.9. The predicted octanol–water partition coefficient (Wildman–Crippen LogP) is 3.46. The number of hydrogen-bond acceptors (Lipinski definition) is 4. The summed E-state index contributed by atoms with van der Waals surface area (Å²) in [6.07, 6.45) is 3.77. The molecule has 0 aliphatic carbocycles. The highest BCUT2D eigenvalue weighted by Crippen LogP contribution is 2.38. The summed E-state index contributed by atoms with van der Waals surface area (Å²) in [6.45, 7) is 7.66. The fourth-order valence-corrected chi connectivity index (χ4v) is 3.68. The van der Waals surface area contributed by atoms with Crippen LogP contribution in [-0.4, -0.2) is 32.7 Å². The Morgan fingerprint density at radius 2 is 1.79 bits per heavy atom. The van der Waals surface area contributed by atoms with Crippen LogP contribution in [0.4, 0.5) is 10.2 Å². The molecule has 1 aliphatic rings. The standard InChI is InChI=1S/C18H20FN5/c1-11-8-12(2)15(14(19)9-11)16-13(3)22-18-20-10-21-24(18)17(16)23-6-4-5-7-23/h8-10H,4-7H2,1-3H3. The number of aryl methyl sites for hydroxylation is 3. The van der Waals surface area contributed by atoms with E-state index in [0.717, 1.165) is 54.1 Å². The van der Waals surface area contributed by atoms with Crippen LogP contribution in [-0.2, 0) is 0 Å². The molecule has 0 bridgehead atoms. The van der Waals surface area contributed by atoms with Crippen molar-refractivity contribution in [1.29, 1.82) is 0 Å². The summed E-state index contributed by atoms with van der Waals surface area (Å²) in [4.78, 5) is 11.0. The molecule has 1 fully saturated rings. The topological polar surface area (TPSA) is 46.3 Å². The first-order chi connectivity index (χ1) is 11.6. The molecule has 0 spiro atoms. The highest BCUT2D eigenvalue weighted by atomic mass is 19.1. The molecule has 24 heavy (non-hydrogen) atoms. The summed E-state index contributed by atoms with van der Waals surface area (Å²) >= 11 is 0. The zero-order chi connectivity index (χ0) is 16.8. The van der Waals surface area contributed by atoms with E-state index in [2.05, 4.69) is 20.0 Å². The van der Waals surface area contributed by atoms with Gasteiger partial charge in [-0.1, -0.05) is 6.07 Å². The lowest BCUT2D eigenvalue weighted by Gasteiger charge is -2.24. The van der Waals surface area contributed by atoms with Crippen molar-refractivity contribution in [2.45, 2.75) is 33.6 Å². The molecular formula is C18H20FN5. The average Bonchev–Trinajstić information content (AvgIpc) is 3.17. The number of nitrogens with zero attached hydrogens (tertiary/aromatic N) is 5. The van der Waals surface area contributed by atoms with Crippen LogP contribution in [0.5, 0.6) is 0 Å². The first-order valence-corrected chi connectivity index (χ1v) is 8.28. The lowest BCUT2D eigenvalue weighted by atomic mass is 9.97. The fraction of sp³-hybridized carbons (Fsp3) is 0.389. The average molecular weight is 325 g/mol. The zero-order valence-electron chi connectivity index (χ0n) is 14.2. The zero-order valence-corrected chi connectivity index (χ0v) is 14.2. The van der Waals surface area contributed by atoms with Crippen LogP contribution >= 0.6 is 0 Å². The quantitative estimate of drug-likeness (QED) is 0.724. The molecular weight excluding hydrogens is 305 g/mol. The monoisotopic (exact) mass is 325 g/mol. The van der Waals surface area contributed by atoms with Gasteiger partial charge in [-0.2, -0.15) is 14.6 Å². The minimum atomic E-state index is -0.211. The fourth-order valence-electron chi connectivity index (χ4n) is 3.68. The lowest BCUT2D eigenvalue weighted by molar-refractivity contribution is 0.628. The Labute approximate surface area is 140 Å². The molecule has 5 nitrogen and oxygen atoms in total. The van der Waals surface area contributed by atoms with Crippen LogP contribution in [0.1, 0.15) is 29.7 Å². The van der Waals surface area contributed by atoms with Crippen LogP contribution in [0, 0.1) is 26.6 Å². The largest absolute Gasteiger partial charge is 0.356 e. The Hall–Kier alpha value is -2.50. The minimum Gasteiger partial charge on any atom is -0.356 e. The van der Waals surface area contributed by atoms with Gasteiger partial charge in [0, 0.05) is 24.2 Å². The van der Waals surface area contributed by atoms with Crippen molar-refractivity contribution in [2.75, 3.05) is 18.0 Å². The highest BCUT2D eigenvalue weighted by Gasteiger charge is 2.26. The van der Waals surface area contributed by atoms with E-state index in [1.165, 1.54) is 6.33 Å². The highest BCUT2D eigenvalue weighted by molar-refractivity contribution is 5.82. The van der Waals surface area contributed by atoms with Gasteiger partial charge < -0.3 is 4.90 Å². The molecule has 0 atom stereocenters. The van der Waals surface area contributed by atoms with E-state index in [0.29, 0.717) is 11.3 Å². The molecule has 0 radical (unpaired) electrons. The van der Waals surface area contributed by atoms with Crippen molar-refractivity contribution in [2.24, 2.45) is 0 Å². The van der Waals surface area contributed by atoms with Crippen LogP contribution in [0.3, 0.4) is 0 Å². The second-order valence-corrected chi connectivity index (χ2v) is 6.50. The van der Waals surface area contributed by atoms with E-state index in [9.17, 15) is 4.39 Å². The summed E-state index contributed by atoms with van der Waals surface area (Å²) in [5.41, 5.74) is 4.05. The molecule has 1 aliphatic heterocycles. The third-order valence-corrected chi connectivity index (χ3v) is 4.67. The van der Waals surface area contributed by atoms with Gasteiger partial charge in [0.15, 0.2) is 0 Å². The first-order valence-electron chi connectivity index (χ1n) is 8.28. The lowest BCUT2D eigenvalue weighted by Crippen LogP contribution is -2.23. The third-order valence-electron chi connectivity index (χ3n) is 4.67. The van der Waals surface area contributed by atoms with Crippen molar-refractivity contribution >= 4 is 11.6 Å². The number of benzene rings is 1. The first kappa shape index (κ1) is 15.1. The normalized spacial score (nSPS) is 14.8. The minimum absolute atomic E-state index is 0.211. The number of halogens is 1. The Kier molecular flexibility index (Phi) is 3.48. The molecule has 0 N–H and O–H groups in total. The SMILES string of the molecule is Cc1cc(C)c(-c2c(C)nc3ncnn3c2N2CCCC2)c(F)c1. The van der Waals surface area contributed by atoms with Gasteiger partial charge in [-0.05, 0) is 50.8 Å². The van der Waals surface area contributed by atoms with Gasteiger partial charge in [0.25, 0.3) is 5.78 Å². The molecule has 1 saturated heterocycles. The van der Waals surface area contributed by atoms with E-state index in [4.69, 9.17) is 0 Å². The number of aromatic nitrogens is 4. The predicted molar refractivity (Wildman–Crippen MR) is 91.8 cm³/mol. The van der Waals surface area contributed by atoms with Crippen molar-refractivity contribution in [3.05, 3.63) is 41.1 Å². The summed E-state index contributed by atoms with van der Waals surface area (Å²) in [6, 6.07) is 3.60. The summed E-state index contributed by atoms with van der Waals surface area (Å²) in [7, 11) is 0. The van der Waals surface area contributed by atoms with E-state index in [1.54, 1.807) is 10.6 Å². The molecule has 0 saturated carbocycles. The molecule has 124 valence electrons. The van der Waals surface area contributed by atoms with Crippen molar-refractivity contribution < 1.29 is 4.39 Å². The smallest absolute Gasteiger partial charge is 0.254 e. The summed E-state index contributed by atoms with van der Waals surface area (Å²) in [5, 5.41) is 4.35. The maximum atomic E-state index is 14.9. The maximum Gasteiger partial charge on any atom is 0.254 e. The molecule has 3 aromatic rings. The molecule has 0 amide bonds.